The standard InChI is InChI=1S/C14H27N/c1-11(2)8-12(3)15(9-13-4-5-13)10-14-6-7-14/h11-14H,4-10H2,1-3H3/t12-/m1/s1. The highest BCUT2D eigenvalue weighted by Crippen LogP contribution is 2.35. The summed E-state index contributed by atoms with van der Waals surface area (Å²) >= 11 is 0. The maximum atomic E-state index is 2.79. The highest BCUT2D eigenvalue weighted by Gasteiger charge is 2.31. The summed E-state index contributed by atoms with van der Waals surface area (Å²) in [5.41, 5.74) is 0. The van der Waals surface area contributed by atoms with Crippen LogP contribution in [0.2, 0.25) is 0 Å². The minimum absolute atomic E-state index is 0.811. The zero-order chi connectivity index (χ0) is 10.8. The van der Waals surface area contributed by atoms with Crippen molar-refractivity contribution in [2.24, 2.45) is 17.8 Å². The van der Waals surface area contributed by atoms with E-state index in [0.717, 1.165) is 23.8 Å². The van der Waals surface area contributed by atoms with Crippen molar-refractivity contribution in [3.8, 4) is 0 Å². The molecule has 0 radical (unpaired) electrons. The smallest absolute Gasteiger partial charge is 0.00695 e. The van der Waals surface area contributed by atoms with E-state index in [1.54, 1.807) is 0 Å². The topological polar surface area (TPSA) is 3.24 Å². The lowest BCUT2D eigenvalue weighted by atomic mass is 10.0. The fourth-order valence-corrected chi connectivity index (χ4v) is 2.53. The average Bonchev–Trinajstić information content (AvgIpc) is 2.95. The second-order valence-corrected chi connectivity index (χ2v) is 6.32. The summed E-state index contributed by atoms with van der Waals surface area (Å²) in [6.07, 6.45) is 7.36. The second kappa shape index (κ2) is 4.86. The van der Waals surface area contributed by atoms with Crippen LogP contribution in [0.5, 0.6) is 0 Å². The van der Waals surface area contributed by atoms with E-state index in [2.05, 4.69) is 25.7 Å². The first-order valence-electron chi connectivity index (χ1n) is 6.89. The molecular formula is C14H27N. The van der Waals surface area contributed by atoms with Crippen molar-refractivity contribution in [3.63, 3.8) is 0 Å². The van der Waals surface area contributed by atoms with Gasteiger partial charge in [-0.1, -0.05) is 13.8 Å². The molecule has 0 spiro atoms. The lowest BCUT2D eigenvalue weighted by molar-refractivity contribution is 0.171. The van der Waals surface area contributed by atoms with Gasteiger partial charge in [-0.3, -0.25) is 0 Å². The molecule has 0 unspecified atom stereocenters. The lowest BCUT2D eigenvalue weighted by Crippen LogP contribution is -2.37. The van der Waals surface area contributed by atoms with E-state index in [0.29, 0.717) is 0 Å². The molecule has 0 aromatic carbocycles. The van der Waals surface area contributed by atoms with Crippen molar-refractivity contribution in [2.45, 2.75) is 58.9 Å². The van der Waals surface area contributed by atoms with Gasteiger partial charge in [-0.05, 0) is 56.8 Å². The van der Waals surface area contributed by atoms with E-state index in [4.69, 9.17) is 0 Å². The minimum atomic E-state index is 0.811. The van der Waals surface area contributed by atoms with Crippen molar-refractivity contribution >= 4 is 0 Å². The summed E-state index contributed by atoms with van der Waals surface area (Å²) in [4.78, 5) is 2.79. The first-order chi connectivity index (χ1) is 7.15. The van der Waals surface area contributed by atoms with Gasteiger partial charge < -0.3 is 4.90 Å². The Morgan fingerprint density at radius 3 is 1.73 bits per heavy atom. The first-order valence-corrected chi connectivity index (χ1v) is 6.89. The summed E-state index contributed by atoms with van der Waals surface area (Å²) in [6.45, 7) is 9.92. The van der Waals surface area contributed by atoms with Gasteiger partial charge in [0.1, 0.15) is 0 Å². The zero-order valence-corrected chi connectivity index (χ0v) is 10.7. The van der Waals surface area contributed by atoms with Crippen molar-refractivity contribution in [2.75, 3.05) is 13.1 Å². The van der Waals surface area contributed by atoms with E-state index >= 15 is 0 Å². The number of rotatable bonds is 7. The molecule has 0 saturated heterocycles. The average molecular weight is 209 g/mol. The predicted octanol–water partition coefficient (Wildman–Crippen LogP) is 3.54. The largest absolute Gasteiger partial charge is 0.300 e. The Labute approximate surface area is 95.2 Å². The number of nitrogens with zero attached hydrogens (tertiary/aromatic N) is 1. The normalized spacial score (nSPS) is 23.8. The Kier molecular flexibility index (Phi) is 3.71. The molecule has 0 amide bonds. The third kappa shape index (κ3) is 4.14. The van der Waals surface area contributed by atoms with Gasteiger partial charge in [0, 0.05) is 19.1 Å². The Morgan fingerprint density at radius 1 is 0.933 bits per heavy atom. The van der Waals surface area contributed by atoms with Gasteiger partial charge in [0.05, 0.1) is 0 Å². The molecule has 0 N–H and O–H groups in total. The van der Waals surface area contributed by atoms with Gasteiger partial charge in [0.15, 0.2) is 0 Å². The Hall–Kier alpha value is -0.0400. The first kappa shape index (κ1) is 11.4. The van der Waals surface area contributed by atoms with Gasteiger partial charge in [0.2, 0.25) is 0 Å². The monoisotopic (exact) mass is 209 g/mol. The molecule has 1 heteroatoms. The molecule has 2 aliphatic rings. The van der Waals surface area contributed by atoms with Crippen LogP contribution >= 0.6 is 0 Å². The highest BCUT2D eigenvalue weighted by molar-refractivity contribution is 4.84. The minimum Gasteiger partial charge on any atom is -0.300 e. The Morgan fingerprint density at radius 2 is 1.40 bits per heavy atom. The summed E-state index contributed by atoms with van der Waals surface area (Å²) in [5.74, 6) is 2.96. The summed E-state index contributed by atoms with van der Waals surface area (Å²) in [5, 5.41) is 0. The maximum Gasteiger partial charge on any atom is 0.00695 e. The molecule has 15 heavy (non-hydrogen) atoms. The van der Waals surface area contributed by atoms with Gasteiger partial charge >= 0.3 is 0 Å². The molecule has 0 aromatic heterocycles. The highest BCUT2D eigenvalue weighted by atomic mass is 15.2. The maximum absolute atomic E-state index is 2.79. The van der Waals surface area contributed by atoms with Crippen molar-refractivity contribution < 1.29 is 0 Å². The molecule has 1 nitrogen and oxygen atoms in total. The van der Waals surface area contributed by atoms with Crippen molar-refractivity contribution in [3.05, 3.63) is 0 Å². The van der Waals surface area contributed by atoms with Crippen LogP contribution in [0.1, 0.15) is 52.9 Å². The molecule has 1 atom stereocenters. The SMILES string of the molecule is CC(C)C[C@@H](C)N(CC1CC1)CC1CC1. The molecule has 2 saturated carbocycles. The summed E-state index contributed by atoms with van der Waals surface area (Å²) in [6, 6.07) is 0.811. The number of hydrogen-bond acceptors (Lipinski definition) is 1. The van der Waals surface area contributed by atoms with Crippen molar-refractivity contribution in [1.29, 1.82) is 0 Å². The third-order valence-corrected chi connectivity index (χ3v) is 3.82. The zero-order valence-electron chi connectivity index (χ0n) is 10.7. The van der Waals surface area contributed by atoms with Gasteiger partial charge in [-0.25, -0.2) is 0 Å². The molecule has 0 aromatic rings. The summed E-state index contributed by atoms with van der Waals surface area (Å²) in [7, 11) is 0. The fourth-order valence-electron chi connectivity index (χ4n) is 2.53. The van der Waals surface area contributed by atoms with Crippen LogP contribution < -0.4 is 0 Å². The quantitative estimate of drug-likeness (QED) is 0.620. The van der Waals surface area contributed by atoms with Crippen LogP contribution in [0.4, 0.5) is 0 Å². The molecule has 2 fully saturated rings. The van der Waals surface area contributed by atoms with Gasteiger partial charge in [0.25, 0.3) is 0 Å². The van der Waals surface area contributed by atoms with E-state index in [-0.39, 0.29) is 0 Å². The van der Waals surface area contributed by atoms with E-state index in [9.17, 15) is 0 Å². The van der Waals surface area contributed by atoms with Gasteiger partial charge in [-0.2, -0.15) is 0 Å². The molecule has 0 aliphatic heterocycles. The predicted molar refractivity (Wildman–Crippen MR) is 65.9 cm³/mol. The van der Waals surface area contributed by atoms with Gasteiger partial charge in [-0.15, -0.1) is 0 Å². The van der Waals surface area contributed by atoms with Crippen LogP contribution in [0.15, 0.2) is 0 Å². The van der Waals surface area contributed by atoms with Crippen LogP contribution in [0.25, 0.3) is 0 Å². The molecule has 2 aliphatic carbocycles. The summed E-state index contributed by atoms with van der Waals surface area (Å²) < 4.78 is 0. The van der Waals surface area contributed by atoms with E-state index in [1.807, 2.05) is 0 Å². The Balaban J connectivity index is 1.77. The molecule has 0 heterocycles. The Bertz CT molecular complexity index is 178. The third-order valence-electron chi connectivity index (χ3n) is 3.82. The molecular weight excluding hydrogens is 182 g/mol. The lowest BCUT2D eigenvalue weighted by Gasteiger charge is -2.30. The number of hydrogen-bond donors (Lipinski definition) is 0. The van der Waals surface area contributed by atoms with Crippen LogP contribution in [0.3, 0.4) is 0 Å². The van der Waals surface area contributed by atoms with Crippen LogP contribution in [0, 0.1) is 17.8 Å². The molecule has 0 bridgehead atoms. The van der Waals surface area contributed by atoms with Crippen molar-refractivity contribution in [1.82, 2.24) is 4.90 Å². The van der Waals surface area contributed by atoms with Crippen LogP contribution in [-0.4, -0.2) is 24.0 Å². The molecule has 88 valence electrons. The van der Waals surface area contributed by atoms with E-state index in [1.165, 1.54) is 45.2 Å². The van der Waals surface area contributed by atoms with E-state index < -0.39 is 0 Å². The second-order valence-electron chi connectivity index (χ2n) is 6.32. The fraction of sp³-hybridized carbons (Fsp3) is 1.00. The van der Waals surface area contributed by atoms with Crippen LogP contribution in [-0.2, 0) is 0 Å². The molecule has 2 rings (SSSR count).